The van der Waals surface area contributed by atoms with Gasteiger partial charge in [-0.15, -0.1) is 0 Å². The summed E-state index contributed by atoms with van der Waals surface area (Å²) in [4.78, 5) is 0. The summed E-state index contributed by atoms with van der Waals surface area (Å²) < 4.78 is 2.28. The second-order valence-corrected chi connectivity index (χ2v) is 6.67. The molecular formula is C23H24N2. The zero-order valence-corrected chi connectivity index (χ0v) is 14.9. The average molecular weight is 328 g/mol. The van der Waals surface area contributed by atoms with E-state index in [4.69, 9.17) is 0 Å². The van der Waals surface area contributed by atoms with Gasteiger partial charge in [0.05, 0.1) is 0 Å². The van der Waals surface area contributed by atoms with Gasteiger partial charge < -0.3 is 9.88 Å². The fourth-order valence-corrected chi connectivity index (χ4v) is 3.64. The molecule has 0 spiro atoms. The largest absolute Gasteiger partial charge is 0.348 e. The Kier molecular flexibility index (Phi) is 4.29. The molecule has 1 N–H and O–H groups in total. The van der Waals surface area contributed by atoms with Crippen molar-refractivity contribution in [1.82, 2.24) is 9.88 Å². The first-order valence-electron chi connectivity index (χ1n) is 9.05. The van der Waals surface area contributed by atoms with Gasteiger partial charge in [-0.1, -0.05) is 48.5 Å². The van der Waals surface area contributed by atoms with Gasteiger partial charge in [0.15, 0.2) is 0 Å². The third-order valence-corrected chi connectivity index (χ3v) is 5.08. The van der Waals surface area contributed by atoms with Crippen LogP contribution in [0, 0.1) is 0 Å². The van der Waals surface area contributed by atoms with E-state index in [0.29, 0.717) is 6.04 Å². The van der Waals surface area contributed by atoms with Gasteiger partial charge in [-0.05, 0) is 59.3 Å². The molecule has 0 fully saturated rings. The Hall–Kier alpha value is -2.58. The molecule has 25 heavy (non-hydrogen) atoms. The van der Waals surface area contributed by atoms with Crippen LogP contribution in [-0.2, 0) is 13.1 Å². The van der Waals surface area contributed by atoms with E-state index < -0.39 is 0 Å². The van der Waals surface area contributed by atoms with E-state index in [9.17, 15) is 0 Å². The van der Waals surface area contributed by atoms with Crippen LogP contribution in [0.2, 0.25) is 0 Å². The second-order valence-electron chi connectivity index (χ2n) is 6.67. The molecule has 3 aromatic carbocycles. The third-order valence-electron chi connectivity index (χ3n) is 5.08. The summed E-state index contributed by atoms with van der Waals surface area (Å²) in [5, 5.41) is 7.64. The molecule has 2 nitrogen and oxygen atoms in total. The number of aromatic nitrogens is 1. The first kappa shape index (κ1) is 15.9. The van der Waals surface area contributed by atoms with E-state index in [0.717, 1.165) is 13.1 Å². The minimum Gasteiger partial charge on any atom is -0.348 e. The maximum atomic E-state index is 3.69. The first-order valence-corrected chi connectivity index (χ1v) is 9.05. The molecule has 0 saturated carbocycles. The van der Waals surface area contributed by atoms with E-state index in [2.05, 4.69) is 96.7 Å². The van der Waals surface area contributed by atoms with Gasteiger partial charge in [0.25, 0.3) is 0 Å². The lowest BCUT2D eigenvalue weighted by atomic mass is 9.99. The molecule has 2 heteroatoms. The van der Waals surface area contributed by atoms with Crippen molar-refractivity contribution in [3.05, 3.63) is 84.1 Å². The Bertz CT molecular complexity index is 1010. The predicted octanol–water partition coefficient (Wildman–Crippen LogP) is 5.67. The van der Waals surface area contributed by atoms with Gasteiger partial charge in [-0.25, -0.2) is 0 Å². The van der Waals surface area contributed by atoms with Gasteiger partial charge in [0.2, 0.25) is 0 Å². The van der Waals surface area contributed by atoms with Gasteiger partial charge >= 0.3 is 0 Å². The zero-order valence-electron chi connectivity index (χ0n) is 14.9. The first-order chi connectivity index (χ1) is 12.3. The molecule has 126 valence electrons. The van der Waals surface area contributed by atoms with Crippen LogP contribution < -0.4 is 5.32 Å². The summed E-state index contributed by atoms with van der Waals surface area (Å²) in [7, 11) is 0. The summed E-state index contributed by atoms with van der Waals surface area (Å²) in [5.41, 5.74) is 4.00. The molecule has 0 saturated heterocycles. The van der Waals surface area contributed by atoms with Crippen molar-refractivity contribution in [2.45, 2.75) is 33.0 Å². The lowest BCUT2D eigenvalue weighted by Gasteiger charge is -2.17. The number of benzene rings is 3. The Morgan fingerprint density at radius 3 is 2.64 bits per heavy atom. The molecule has 4 rings (SSSR count). The quantitative estimate of drug-likeness (QED) is 0.500. The number of hydrogen-bond donors (Lipinski definition) is 1. The molecule has 0 radical (unpaired) electrons. The highest BCUT2D eigenvalue weighted by Gasteiger charge is 2.09. The monoisotopic (exact) mass is 328 g/mol. The third kappa shape index (κ3) is 3.06. The molecule has 0 amide bonds. The smallest absolute Gasteiger partial charge is 0.0480 e. The van der Waals surface area contributed by atoms with Crippen molar-refractivity contribution in [2.75, 3.05) is 0 Å². The van der Waals surface area contributed by atoms with Crippen LogP contribution in [0.3, 0.4) is 0 Å². The number of nitrogens with zero attached hydrogens (tertiary/aromatic N) is 1. The van der Waals surface area contributed by atoms with E-state index in [1.807, 2.05) is 0 Å². The standard InChI is InChI=1S/C23H24N2/c1-3-25-14-13-20-15-18(11-12-23(20)25)16-24-17(2)21-10-6-8-19-7-4-5-9-22(19)21/h4-15,17,24H,3,16H2,1-2H3/t17-/m1/s1. The van der Waals surface area contributed by atoms with Gasteiger partial charge in [-0.3, -0.25) is 0 Å². The fraction of sp³-hybridized carbons (Fsp3) is 0.217. The molecule has 1 aromatic heterocycles. The SMILES string of the molecule is CCn1ccc2cc(CN[C@H](C)c3cccc4ccccc34)ccc21. The minimum absolute atomic E-state index is 0.307. The topological polar surface area (TPSA) is 17.0 Å². The van der Waals surface area contributed by atoms with Crippen LogP contribution in [0.4, 0.5) is 0 Å². The van der Waals surface area contributed by atoms with E-state index in [-0.39, 0.29) is 0 Å². The van der Waals surface area contributed by atoms with Crippen LogP contribution in [-0.4, -0.2) is 4.57 Å². The number of hydrogen-bond acceptors (Lipinski definition) is 1. The maximum absolute atomic E-state index is 3.69. The fourth-order valence-electron chi connectivity index (χ4n) is 3.64. The maximum Gasteiger partial charge on any atom is 0.0480 e. The van der Waals surface area contributed by atoms with Gasteiger partial charge in [-0.2, -0.15) is 0 Å². The van der Waals surface area contributed by atoms with E-state index in [1.54, 1.807) is 0 Å². The molecule has 0 unspecified atom stereocenters. The normalized spacial score (nSPS) is 12.7. The van der Waals surface area contributed by atoms with Crippen molar-refractivity contribution in [3.63, 3.8) is 0 Å². The summed E-state index contributed by atoms with van der Waals surface area (Å²) >= 11 is 0. The van der Waals surface area contributed by atoms with Crippen molar-refractivity contribution in [1.29, 1.82) is 0 Å². The predicted molar refractivity (Wildman–Crippen MR) is 107 cm³/mol. The van der Waals surface area contributed by atoms with Crippen LogP contribution in [0.5, 0.6) is 0 Å². The molecule has 0 aliphatic carbocycles. The Morgan fingerprint density at radius 1 is 0.920 bits per heavy atom. The lowest BCUT2D eigenvalue weighted by Crippen LogP contribution is -2.18. The summed E-state index contributed by atoms with van der Waals surface area (Å²) in [5.74, 6) is 0. The Morgan fingerprint density at radius 2 is 1.76 bits per heavy atom. The number of fused-ring (bicyclic) bond motifs is 2. The molecule has 0 aliphatic heterocycles. The summed E-state index contributed by atoms with van der Waals surface area (Å²) in [6.07, 6.45) is 2.17. The molecule has 0 bridgehead atoms. The Balaban J connectivity index is 1.54. The molecule has 1 atom stereocenters. The lowest BCUT2D eigenvalue weighted by molar-refractivity contribution is 0.578. The van der Waals surface area contributed by atoms with E-state index >= 15 is 0 Å². The van der Waals surface area contributed by atoms with E-state index in [1.165, 1.54) is 32.8 Å². The molecule has 4 aromatic rings. The number of nitrogens with one attached hydrogen (secondary N) is 1. The highest BCUT2D eigenvalue weighted by atomic mass is 14.9. The molecule has 1 heterocycles. The van der Waals surface area contributed by atoms with Crippen molar-refractivity contribution in [3.8, 4) is 0 Å². The second kappa shape index (κ2) is 6.73. The highest BCUT2D eigenvalue weighted by Crippen LogP contribution is 2.24. The Labute approximate surface area is 149 Å². The summed E-state index contributed by atoms with van der Waals surface area (Å²) in [6.45, 7) is 6.31. The van der Waals surface area contributed by atoms with Crippen molar-refractivity contribution in [2.24, 2.45) is 0 Å². The van der Waals surface area contributed by atoms with Gasteiger partial charge in [0.1, 0.15) is 0 Å². The zero-order chi connectivity index (χ0) is 17.2. The van der Waals surface area contributed by atoms with Crippen LogP contribution in [0.25, 0.3) is 21.7 Å². The molecule has 0 aliphatic rings. The highest BCUT2D eigenvalue weighted by molar-refractivity contribution is 5.86. The molecular weight excluding hydrogens is 304 g/mol. The minimum atomic E-state index is 0.307. The number of aryl methyl sites for hydroxylation is 1. The van der Waals surface area contributed by atoms with Crippen molar-refractivity contribution >= 4 is 21.7 Å². The van der Waals surface area contributed by atoms with Crippen LogP contribution in [0.1, 0.15) is 31.0 Å². The number of rotatable bonds is 5. The summed E-state index contributed by atoms with van der Waals surface area (Å²) in [6, 6.07) is 24.4. The average Bonchev–Trinajstić information content (AvgIpc) is 3.08. The van der Waals surface area contributed by atoms with Gasteiger partial charge in [0, 0.05) is 30.8 Å². The van der Waals surface area contributed by atoms with Crippen molar-refractivity contribution < 1.29 is 0 Å². The van der Waals surface area contributed by atoms with Crippen LogP contribution in [0.15, 0.2) is 72.9 Å². The van der Waals surface area contributed by atoms with Crippen LogP contribution >= 0.6 is 0 Å².